The standard InChI is InChI=1S/C24H22N4O2/c1-16-20(18-6-3-2-4-7-18)8-5-9-21(16)24-28-27-23(30-24)19-12-10-17(11-13-19)14-26-15-22(25)29/h2-13,26H,14-15H2,1H3,(H2,25,29). The van der Waals surface area contributed by atoms with Crippen molar-refractivity contribution >= 4 is 5.91 Å². The molecule has 4 rings (SSSR count). The van der Waals surface area contributed by atoms with Gasteiger partial charge in [0, 0.05) is 17.7 Å². The molecule has 6 nitrogen and oxygen atoms in total. The summed E-state index contributed by atoms with van der Waals surface area (Å²) in [4.78, 5) is 10.8. The molecule has 150 valence electrons. The van der Waals surface area contributed by atoms with Gasteiger partial charge in [0.25, 0.3) is 0 Å². The molecule has 6 heteroatoms. The van der Waals surface area contributed by atoms with Gasteiger partial charge in [0.2, 0.25) is 17.7 Å². The van der Waals surface area contributed by atoms with Crippen molar-refractivity contribution in [2.75, 3.05) is 6.54 Å². The molecule has 4 aromatic rings. The quantitative estimate of drug-likeness (QED) is 0.491. The molecule has 0 aliphatic carbocycles. The highest BCUT2D eigenvalue weighted by molar-refractivity contribution is 5.76. The molecular weight excluding hydrogens is 376 g/mol. The number of carbonyl (C=O) groups excluding carboxylic acids is 1. The van der Waals surface area contributed by atoms with Crippen LogP contribution in [0.3, 0.4) is 0 Å². The van der Waals surface area contributed by atoms with Gasteiger partial charge >= 0.3 is 0 Å². The van der Waals surface area contributed by atoms with Gasteiger partial charge < -0.3 is 15.5 Å². The van der Waals surface area contributed by atoms with Crippen molar-refractivity contribution in [1.82, 2.24) is 15.5 Å². The van der Waals surface area contributed by atoms with Crippen LogP contribution >= 0.6 is 0 Å². The fourth-order valence-electron chi connectivity index (χ4n) is 3.34. The second-order valence-corrected chi connectivity index (χ2v) is 7.02. The van der Waals surface area contributed by atoms with Gasteiger partial charge in [-0.3, -0.25) is 4.79 Å². The van der Waals surface area contributed by atoms with Crippen molar-refractivity contribution in [3.8, 4) is 34.0 Å². The van der Waals surface area contributed by atoms with Crippen molar-refractivity contribution in [3.05, 3.63) is 83.9 Å². The number of primary amides is 1. The Morgan fingerprint density at radius 1 is 0.867 bits per heavy atom. The van der Waals surface area contributed by atoms with E-state index in [4.69, 9.17) is 10.2 Å². The smallest absolute Gasteiger partial charge is 0.248 e. The van der Waals surface area contributed by atoms with E-state index >= 15 is 0 Å². The fourth-order valence-corrected chi connectivity index (χ4v) is 3.34. The molecule has 0 atom stereocenters. The maximum Gasteiger partial charge on any atom is 0.248 e. The molecule has 1 heterocycles. The molecule has 0 radical (unpaired) electrons. The molecular formula is C24H22N4O2. The average molecular weight is 398 g/mol. The minimum Gasteiger partial charge on any atom is -0.416 e. The van der Waals surface area contributed by atoms with Crippen LogP contribution in [0.1, 0.15) is 11.1 Å². The summed E-state index contributed by atoms with van der Waals surface area (Å²) in [5, 5.41) is 11.5. The van der Waals surface area contributed by atoms with E-state index in [1.807, 2.05) is 54.6 Å². The first-order valence-corrected chi connectivity index (χ1v) is 9.69. The minimum absolute atomic E-state index is 0.149. The number of amides is 1. The zero-order chi connectivity index (χ0) is 20.9. The molecule has 0 unspecified atom stereocenters. The number of hydrogen-bond donors (Lipinski definition) is 2. The van der Waals surface area contributed by atoms with E-state index in [0.717, 1.165) is 33.4 Å². The average Bonchev–Trinajstić information content (AvgIpc) is 3.25. The van der Waals surface area contributed by atoms with Crippen molar-refractivity contribution < 1.29 is 9.21 Å². The van der Waals surface area contributed by atoms with E-state index in [2.05, 4.69) is 40.6 Å². The number of aromatic nitrogens is 2. The van der Waals surface area contributed by atoms with Gasteiger partial charge in [-0.1, -0.05) is 54.6 Å². The van der Waals surface area contributed by atoms with Gasteiger partial charge in [0.1, 0.15) is 0 Å². The summed E-state index contributed by atoms with van der Waals surface area (Å²) in [5.74, 6) is 0.579. The van der Waals surface area contributed by atoms with Crippen LogP contribution in [-0.2, 0) is 11.3 Å². The van der Waals surface area contributed by atoms with E-state index in [9.17, 15) is 4.79 Å². The molecule has 1 aromatic heterocycles. The van der Waals surface area contributed by atoms with Crippen molar-refractivity contribution in [3.63, 3.8) is 0 Å². The second kappa shape index (κ2) is 8.71. The van der Waals surface area contributed by atoms with Crippen LogP contribution in [0.25, 0.3) is 34.0 Å². The largest absolute Gasteiger partial charge is 0.416 e. The third-order valence-corrected chi connectivity index (χ3v) is 4.90. The van der Waals surface area contributed by atoms with E-state index < -0.39 is 0 Å². The van der Waals surface area contributed by atoms with Gasteiger partial charge in [0.15, 0.2) is 0 Å². The van der Waals surface area contributed by atoms with Crippen LogP contribution < -0.4 is 11.1 Å². The normalized spacial score (nSPS) is 10.8. The van der Waals surface area contributed by atoms with Gasteiger partial charge in [-0.05, 0) is 47.4 Å². The van der Waals surface area contributed by atoms with E-state index in [1.165, 1.54) is 0 Å². The van der Waals surface area contributed by atoms with Crippen molar-refractivity contribution in [2.45, 2.75) is 13.5 Å². The molecule has 0 saturated carbocycles. The molecule has 0 saturated heterocycles. The topological polar surface area (TPSA) is 94.0 Å². The third kappa shape index (κ3) is 4.29. The number of hydrogen-bond acceptors (Lipinski definition) is 5. The first-order chi connectivity index (χ1) is 14.6. The molecule has 3 N–H and O–H groups in total. The Labute approximate surface area is 174 Å². The zero-order valence-corrected chi connectivity index (χ0v) is 16.6. The van der Waals surface area contributed by atoms with Crippen molar-refractivity contribution in [2.24, 2.45) is 5.73 Å². The molecule has 0 spiro atoms. The highest BCUT2D eigenvalue weighted by atomic mass is 16.4. The highest BCUT2D eigenvalue weighted by Crippen LogP contribution is 2.32. The van der Waals surface area contributed by atoms with Crippen LogP contribution in [0.2, 0.25) is 0 Å². The molecule has 0 fully saturated rings. The molecule has 0 aliphatic heterocycles. The lowest BCUT2D eigenvalue weighted by Gasteiger charge is -2.09. The minimum atomic E-state index is -0.378. The Balaban J connectivity index is 1.56. The predicted octanol–water partition coefficient (Wildman–Crippen LogP) is 3.95. The Hall–Kier alpha value is -3.77. The first kappa shape index (κ1) is 19.5. The number of carbonyl (C=O) groups is 1. The van der Waals surface area contributed by atoms with Crippen LogP contribution in [0.5, 0.6) is 0 Å². The number of nitrogens with two attached hydrogens (primary N) is 1. The van der Waals surface area contributed by atoms with Crippen molar-refractivity contribution in [1.29, 1.82) is 0 Å². The number of nitrogens with zero attached hydrogens (tertiary/aromatic N) is 2. The zero-order valence-electron chi connectivity index (χ0n) is 16.6. The van der Waals surface area contributed by atoms with Gasteiger partial charge in [-0.15, -0.1) is 10.2 Å². The summed E-state index contributed by atoms with van der Waals surface area (Å²) in [6.07, 6.45) is 0. The Bertz CT molecular complexity index is 1150. The lowest BCUT2D eigenvalue weighted by atomic mass is 9.96. The lowest BCUT2D eigenvalue weighted by Crippen LogP contribution is -2.28. The lowest BCUT2D eigenvalue weighted by molar-refractivity contribution is -0.117. The number of nitrogens with one attached hydrogen (secondary N) is 1. The summed E-state index contributed by atoms with van der Waals surface area (Å²) in [5.41, 5.74) is 11.3. The third-order valence-electron chi connectivity index (χ3n) is 4.90. The van der Waals surface area contributed by atoms with E-state index in [0.29, 0.717) is 18.3 Å². The summed E-state index contributed by atoms with van der Waals surface area (Å²) in [6, 6.07) is 24.1. The van der Waals surface area contributed by atoms with Crippen LogP contribution in [-0.4, -0.2) is 22.6 Å². The monoisotopic (exact) mass is 398 g/mol. The Morgan fingerprint density at radius 3 is 2.30 bits per heavy atom. The predicted molar refractivity (Wildman–Crippen MR) is 116 cm³/mol. The summed E-state index contributed by atoms with van der Waals surface area (Å²) < 4.78 is 5.98. The number of rotatable bonds is 7. The van der Waals surface area contributed by atoms with Gasteiger partial charge in [-0.2, -0.15) is 0 Å². The maximum absolute atomic E-state index is 10.8. The van der Waals surface area contributed by atoms with Crippen LogP contribution in [0, 0.1) is 6.92 Å². The fraction of sp³-hybridized carbons (Fsp3) is 0.125. The first-order valence-electron chi connectivity index (χ1n) is 9.69. The van der Waals surface area contributed by atoms with E-state index in [-0.39, 0.29) is 12.5 Å². The van der Waals surface area contributed by atoms with E-state index in [1.54, 1.807) is 0 Å². The van der Waals surface area contributed by atoms with Gasteiger partial charge in [0.05, 0.1) is 6.54 Å². The molecule has 0 bridgehead atoms. The Morgan fingerprint density at radius 2 is 1.57 bits per heavy atom. The summed E-state index contributed by atoms with van der Waals surface area (Å²) in [6.45, 7) is 2.77. The van der Waals surface area contributed by atoms with Crippen LogP contribution in [0.15, 0.2) is 77.2 Å². The maximum atomic E-state index is 10.8. The second-order valence-electron chi connectivity index (χ2n) is 7.02. The molecule has 30 heavy (non-hydrogen) atoms. The summed E-state index contributed by atoms with van der Waals surface area (Å²) >= 11 is 0. The Kier molecular flexibility index (Phi) is 5.68. The van der Waals surface area contributed by atoms with Crippen LogP contribution in [0.4, 0.5) is 0 Å². The van der Waals surface area contributed by atoms with Gasteiger partial charge in [-0.25, -0.2) is 0 Å². The molecule has 0 aliphatic rings. The highest BCUT2D eigenvalue weighted by Gasteiger charge is 2.15. The SMILES string of the molecule is Cc1c(-c2ccccc2)cccc1-c1nnc(-c2ccc(CNCC(N)=O)cc2)o1. The summed E-state index contributed by atoms with van der Waals surface area (Å²) in [7, 11) is 0. The number of benzene rings is 3. The molecule has 3 aromatic carbocycles. The molecule has 1 amide bonds.